The van der Waals surface area contributed by atoms with Crippen LogP contribution in [0.3, 0.4) is 0 Å². The van der Waals surface area contributed by atoms with Gasteiger partial charge in [-0.3, -0.25) is 9.59 Å². The van der Waals surface area contributed by atoms with Crippen molar-refractivity contribution in [2.24, 2.45) is 0 Å². The smallest absolute Gasteiger partial charge is 0.304 e. The molecule has 1 atom stereocenters. The van der Waals surface area contributed by atoms with E-state index in [1.165, 1.54) is 19.0 Å². The Hall–Kier alpha value is -3.69. The molecule has 0 heterocycles. The largest absolute Gasteiger partial charge is 0.352 e. The van der Waals surface area contributed by atoms with Gasteiger partial charge in [-0.2, -0.15) is 12.7 Å². The number of nitrogens with zero attached hydrogens (tertiary/aromatic N) is 3. The molecule has 9 heteroatoms. The number of rotatable bonds is 12. The molecular formula is C32H42N4O4S. The van der Waals surface area contributed by atoms with E-state index in [1.807, 2.05) is 101 Å². The number of amides is 2. The summed E-state index contributed by atoms with van der Waals surface area (Å²) >= 11 is 0. The second-order valence-corrected chi connectivity index (χ2v) is 13.0. The lowest BCUT2D eigenvalue weighted by molar-refractivity contribution is -0.140. The Balaban J connectivity index is 2.14. The molecule has 1 unspecified atom stereocenters. The van der Waals surface area contributed by atoms with Crippen molar-refractivity contribution < 1.29 is 18.0 Å². The van der Waals surface area contributed by atoms with E-state index in [0.29, 0.717) is 5.69 Å². The van der Waals surface area contributed by atoms with Gasteiger partial charge in [-0.15, -0.1) is 0 Å². The topological polar surface area (TPSA) is 90.0 Å². The zero-order valence-electron chi connectivity index (χ0n) is 25.1. The van der Waals surface area contributed by atoms with Gasteiger partial charge < -0.3 is 10.2 Å². The molecule has 0 aliphatic carbocycles. The molecular weight excluding hydrogens is 536 g/mol. The molecule has 3 aromatic carbocycles. The van der Waals surface area contributed by atoms with Crippen molar-refractivity contribution in [3.63, 3.8) is 0 Å². The first kappa shape index (κ1) is 31.8. The summed E-state index contributed by atoms with van der Waals surface area (Å²) in [7, 11) is -1.16. The third-order valence-electron chi connectivity index (χ3n) is 6.96. The van der Waals surface area contributed by atoms with E-state index in [0.717, 1.165) is 36.4 Å². The maximum Gasteiger partial charge on any atom is 0.304 e. The normalized spacial score (nSPS) is 12.3. The Kier molecular flexibility index (Phi) is 10.7. The highest BCUT2D eigenvalue weighted by Gasteiger charge is 2.35. The molecule has 3 aromatic rings. The van der Waals surface area contributed by atoms with Crippen LogP contribution >= 0.6 is 0 Å². The summed E-state index contributed by atoms with van der Waals surface area (Å²) in [6.07, 6.45) is 0.279. The van der Waals surface area contributed by atoms with Crippen LogP contribution in [0.25, 0.3) is 0 Å². The number of benzene rings is 3. The Labute approximate surface area is 245 Å². The second-order valence-electron chi connectivity index (χ2n) is 10.9. The minimum absolute atomic E-state index is 0.142. The van der Waals surface area contributed by atoms with Crippen LogP contribution in [-0.4, -0.2) is 62.2 Å². The van der Waals surface area contributed by atoms with E-state index in [9.17, 15) is 18.0 Å². The van der Waals surface area contributed by atoms with Gasteiger partial charge in [0.15, 0.2) is 0 Å². The third kappa shape index (κ3) is 8.17. The zero-order chi connectivity index (χ0) is 30.3. The first-order valence-electron chi connectivity index (χ1n) is 13.8. The molecule has 0 radical (unpaired) electrons. The van der Waals surface area contributed by atoms with Crippen LogP contribution in [0.4, 0.5) is 5.69 Å². The summed E-state index contributed by atoms with van der Waals surface area (Å²) in [4.78, 5) is 29.6. The first-order valence-corrected chi connectivity index (χ1v) is 15.2. The first-order chi connectivity index (χ1) is 19.3. The minimum atomic E-state index is -4.05. The summed E-state index contributed by atoms with van der Waals surface area (Å²) < 4.78 is 29.5. The molecule has 0 saturated heterocycles. The van der Waals surface area contributed by atoms with Gasteiger partial charge >= 0.3 is 10.2 Å². The van der Waals surface area contributed by atoms with Gasteiger partial charge in [0.1, 0.15) is 12.6 Å². The lowest BCUT2D eigenvalue weighted by Gasteiger charge is -2.35. The average Bonchev–Trinajstić information content (AvgIpc) is 2.91. The fraction of sp³-hybridized carbons (Fsp3) is 0.375. The Morgan fingerprint density at radius 1 is 0.854 bits per heavy atom. The monoisotopic (exact) mass is 578 g/mol. The van der Waals surface area contributed by atoms with Crippen LogP contribution in [0.5, 0.6) is 0 Å². The molecule has 0 spiro atoms. The predicted octanol–water partition coefficient (Wildman–Crippen LogP) is 4.39. The Morgan fingerprint density at radius 3 is 2.10 bits per heavy atom. The lowest BCUT2D eigenvalue weighted by atomic mass is 10.0. The van der Waals surface area contributed by atoms with Gasteiger partial charge in [-0.1, -0.05) is 66.7 Å². The number of carbonyl (C=O) groups excluding carboxylic acids is 2. The lowest BCUT2D eigenvalue weighted by Crippen LogP contribution is -2.55. The predicted molar refractivity (Wildman–Crippen MR) is 165 cm³/mol. The molecule has 0 bridgehead atoms. The van der Waals surface area contributed by atoms with Gasteiger partial charge in [0, 0.05) is 33.1 Å². The number of nitrogens with one attached hydrogen (secondary N) is 1. The average molecular weight is 579 g/mol. The Bertz CT molecular complexity index is 1460. The molecule has 41 heavy (non-hydrogen) atoms. The van der Waals surface area contributed by atoms with Crippen molar-refractivity contribution in [3.05, 3.63) is 101 Å². The highest BCUT2D eigenvalue weighted by molar-refractivity contribution is 7.90. The summed E-state index contributed by atoms with van der Waals surface area (Å²) in [5.74, 6) is -0.765. The van der Waals surface area contributed by atoms with E-state index in [-0.39, 0.29) is 24.9 Å². The van der Waals surface area contributed by atoms with Crippen LogP contribution in [0, 0.1) is 20.8 Å². The molecule has 0 saturated carbocycles. The molecule has 3 rings (SSSR count). The van der Waals surface area contributed by atoms with Crippen molar-refractivity contribution in [2.45, 2.75) is 59.7 Å². The Morgan fingerprint density at radius 2 is 1.49 bits per heavy atom. The van der Waals surface area contributed by atoms with Crippen molar-refractivity contribution in [3.8, 4) is 0 Å². The van der Waals surface area contributed by atoms with Crippen LogP contribution < -0.4 is 9.62 Å². The van der Waals surface area contributed by atoms with Crippen LogP contribution in [0.15, 0.2) is 72.8 Å². The standard InChI is InChI=1S/C32H42N4O4S/c1-23(2)33-32(38)30(20-27-14-9-8-10-15-27)35(21-28-16-12-11-13-25(28)4)31(37)22-36(41(39,40)34(6)7)29-19-24(3)17-18-26(29)5/h8-19,23,30H,20-22H2,1-7H3,(H,33,38). The second kappa shape index (κ2) is 13.8. The molecule has 220 valence electrons. The van der Waals surface area contributed by atoms with Crippen LogP contribution in [0.1, 0.15) is 41.7 Å². The van der Waals surface area contributed by atoms with Gasteiger partial charge in [-0.25, -0.2) is 4.31 Å². The van der Waals surface area contributed by atoms with E-state index in [2.05, 4.69) is 5.32 Å². The highest BCUT2D eigenvalue weighted by atomic mass is 32.2. The maximum atomic E-state index is 14.4. The molecule has 0 aliphatic heterocycles. The quantitative estimate of drug-likeness (QED) is 0.345. The van der Waals surface area contributed by atoms with E-state index in [4.69, 9.17) is 0 Å². The number of aryl methyl sites for hydroxylation is 3. The zero-order valence-corrected chi connectivity index (χ0v) is 25.9. The van der Waals surface area contributed by atoms with Gasteiger partial charge in [0.2, 0.25) is 11.8 Å². The van der Waals surface area contributed by atoms with Crippen molar-refractivity contribution in [1.29, 1.82) is 0 Å². The molecule has 0 aromatic heterocycles. The highest BCUT2D eigenvalue weighted by Crippen LogP contribution is 2.26. The number of hydrogen-bond acceptors (Lipinski definition) is 4. The summed E-state index contributed by atoms with van der Waals surface area (Å²) in [5, 5.41) is 2.98. The number of hydrogen-bond donors (Lipinski definition) is 1. The van der Waals surface area contributed by atoms with Crippen molar-refractivity contribution in [2.75, 3.05) is 24.9 Å². The molecule has 0 aliphatic rings. The molecule has 1 N–H and O–H groups in total. The van der Waals surface area contributed by atoms with Gasteiger partial charge in [0.05, 0.1) is 5.69 Å². The van der Waals surface area contributed by atoms with E-state index < -0.39 is 28.7 Å². The van der Waals surface area contributed by atoms with Crippen LogP contribution in [0.2, 0.25) is 0 Å². The number of carbonyl (C=O) groups is 2. The van der Waals surface area contributed by atoms with Crippen molar-refractivity contribution in [1.82, 2.24) is 14.5 Å². The van der Waals surface area contributed by atoms with E-state index >= 15 is 0 Å². The fourth-order valence-corrected chi connectivity index (χ4v) is 5.71. The van der Waals surface area contributed by atoms with Gasteiger partial charge in [0.25, 0.3) is 0 Å². The third-order valence-corrected chi connectivity index (χ3v) is 8.76. The number of anilines is 1. The van der Waals surface area contributed by atoms with Gasteiger partial charge in [-0.05, 0) is 68.5 Å². The van der Waals surface area contributed by atoms with E-state index in [1.54, 1.807) is 6.07 Å². The van der Waals surface area contributed by atoms with Crippen molar-refractivity contribution >= 4 is 27.7 Å². The summed E-state index contributed by atoms with van der Waals surface area (Å²) in [5.41, 5.74) is 4.76. The molecule has 2 amide bonds. The summed E-state index contributed by atoms with van der Waals surface area (Å²) in [6.45, 7) is 9.08. The molecule has 0 fully saturated rings. The maximum absolute atomic E-state index is 14.4. The molecule has 8 nitrogen and oxygen atoms in total. The minimum Gasteiger partial charge on any atom is -0.352 e. The van der Waals surface area contributed by atoms with Crippen LogP contribution in [-0.2, 0) is 32.8 Å². The fourth-order valence-electron chi connectivity index (χ4n) is 4.60. The summed E-state index contributed by atoms with van der Waals surface area (Å²) in [6, 6.07) is 21.7. The SMILES string of the molecule is Cc1ccc(C)c(N(CC(=O)N(Cc2ccccc2C)C(Cc2ccccc2)C(=O)NC(C)C)S(=O)(=O)N(C)C)c1.